The van der Waals surface area contributed by atoms with Gasteiger partial charge in [0, 0.05) is 33.7 Å². The van der Waals surface area contributed by atoms with Crippen molar-refractivity contribution in [3.05, 3.63) is 93.4 Å². The van der Waals surface area contributed by atoms with Crippen LogP contribution in [0.4, 0.5) is 5.69 Å². The molecule has 40 heavy (non-hydrogen) atoms. The number of anilines is 1. The predicted molar refractivity (Wildman–Crippen MR) is 161 cm³/mol. The van der Waals surface area contributed by atoms with Gasteiger partial charge in [0.2, 0.25) is 11.8 Å². The lowest BCUT2D eigenvalue weighted by molar-refractivity contribution is -0.140. The van der Waals surface area contributed by atoms with Gasteiger partial charge in [0.05, 0.1) is 10.6 Å². The topological polar surface area (TPSA) is 86.8 Å². The molecule has 0 spiro atoms. The predicted octanol–water partition coefficient (Wildman–Crippen LogP) is 6.42. The zero-order valence-corrected chi connectivity index (χ0v) is 25.6. The molecule has 0 fully saturated rings. The van der Waals surface area contributed by atoms with Crippen molar-refractivity contribution in [2.24, 2.45) is 5.92 Å². The molecule has 0 aromatic heterocycles. The molecule has 11 heteroatoms. The molecule has 0 bridgehead atoms. The molecular formula is C29H32Cl3N3O4S. The molecule has 7 nitrogen and oxygen atoms in total. The van der Waals surface area contributed by atoms with E-state index < -0.39 is 28.5 Å². The van der Waals surface area contributed by atoms with E-state index in [0.717, 1.165) is 4.31 Å². The van der Waals surface area contributed by atoms with Gasteiger partial charge < -0.3 is 10.2 Å². The first-order chi connectivity index (χ1) is 18.9. The van der Waals surface area contributed by atoms with E-state index in [0.29, 0.717) is 27.2 Å². The Balaban J connectivity index is 2.07. The van der Waals surface area contributed by atoms with Gasteiger partial charge in [0.1, 0.15) is 12.6 Å². The first-order valence-corrected chi connectivity index (χ1v) is 15.4. The average Bonchev–Trinajstić information content (AvgIpc) is 2.92. The Hall–Kier alpha value is -2.78. The van der Waals surface area contributed by atoms with E-state index in [1.807, 2.05) is 13.8 Å². The maximum Gasteiger partial charge on any atom is 0.264 e. The van der Waals surface area contributed by atoms with Crippen LogP contribution in [0.5, 0.6) is 0 Å². The third-order valence-corrected chi connectivity index (χ3v) is 8.93. The number of rotatable bonds is 12. The quantitative estimate of drug-likeness (QED) is 0.252. The van der Waals surface area contributed by atoms with Crippen LogP contribution in [0.1, 0.15) is 32.8 Å². The van der Waals surface area contributed by atoms with Gasteiger partial charge in [-0.15, -0.1) is 0 Å². The maximum atomic E-state index is 14.1. The molecule has 0 saturated heterocycles. The molecule has 2 amide bonds. The van der Waals surface area contributed by atoms with Gasteiger partial charge in [-0.3, -0.25) is 13.9 Å². The van der Waals surface area contributed by atoms with Crippen molar-refractivity contribution in [3.8, 4) is 0 Å². The maximum absolute atomic E-state index is 14.1. The average molecular weight is 625 g/mol. The van der Waals surface area contributed by atoms with E-state index in [-0.39, 0.29) is 35.4 Å². The van der Waals surface area contributed by atoms with Crippen molar-refractivity contribution in [3.63, 3.8) is 0 Å². The van der Waals surface area contributed by atoms with Crippen LogP contribution in [0, 0.1) is 5.92 Å². The van der Waals surface area contributed by atoms with Crippen LogP contribution in [0.2, 0.25) is 15.1 Å². The van der Waals surface area contributed by atoms with E-state index in [4.69, 9.17) is 34.8 Å². The van der Waals surface area contributed by atoms with Gasteiger partial charge in [-0.2, -0.15) is 0 Å². The number of nitrogens with zero attached hydrogens (tertiary/aromatic N) is 2. The molecule has 1 N–H and O–H groups in total. The Kier molecular flexibility index (Phi) is 11.3. The summed E-state index contributed by atoms with van der Waals surface area (Å²) in [5.74, 6) is -0.756. The summed E-state index contributed by atoms with van der Waals surface area (Å²) in [6.07, 6.45) is 0.282. The molecule has 3 aromatic carbocycles. The van der Waals surface area contributed by atoms with Crippen molar-refractivity contribution < 1.29 is 18.0 Å². The molecule has 3 aromatic rings. The zero-order valence-electron chi connectivity index (χ0n) is 22.5. The standard InChI is InChI=1S/C29H32Cl3N3O4S/c1-4-27(29(37)33-17-20(2)3)34(18-24-25(31)11-8-12-26(24)32)28(36)19-35(22-15-13-21(30)14-16-22)40(38,39)23-9-6-5-7-10-23/h5-16,20,27H,4,17-19H2,1-3H3,(H,33,37). The molecule has 214 valence electrons. The number of sulfonamides is 1. The first kappa shape index (κ1) is 31.7. The number of halogens is 3. The minimum Gasteiger partial charge on any atom is -0.354 e. The zero-order chi connectivity index (χ0) is 29.4. The van der Waals surface area contributed by atoms with E-state index in [9.17, 15) is 18.0 Å². The van der Waals surface area contributed by atoms with E-state index >= 15 is 0 Å². The fourth-order valence-corrected chi connectivity index (χ4v) is 6.13. The molecule has 0 heterocycles. The van der Waals surface area contributed by atoms with Gasteiger partial charge in [0.25, 0.3) is 10.0 Å². The van der Waals surface area contributed by atoms with Crippen LogP contribution in [0.25, 0.3) is 0 Å². The Morgan fingerprint density at radius 1 is 0.875 bits per heavy atom. The van der Waals surface area contributed by atoms with Crippen molar-refractivity contribution in [1.82, 2.24) is 10.2 Å². The second-order valence-corrected chi connectivity index (χ2v) is 12.7. The van der Waals surface area contributed by atoms with Gasteiger partial charge in [-0.25, -0.2) is 8.42 Å². The Bertz CT molecular complexity index is 1400. The van der Waals surface area contributed by atoms with Crippen LogP contribution in [-0.2, 0) is 26.2 Å². The summed E-state index contributed by atoms with van der Waals surface area (Å²) in [6.45, 7) is 5.47. The SMILES string of the molecule is CCC(C(=O)NCC(C)C)N(Cc1c(Cl)cccc1Cl)C(=O)CN(c1ccc(Cl)cc1)S(=O)(=O)c1ccccc1. The summed E-state index contributed by atoms with van der Waals surface area (Å²) >= 11 is 18.9. The highest BCUT2D eigenvalue weighted by Crippen LogP contribution is 2.29. The van der Waals surface area contributed by atoms with Crippen LogP contribution >= 0.6 is 34.8 Å². The summed E-state index contributed by atoms with van der Waals surface area (Å²) in [5, 5.41) is 3.95. The van der Waals surface area contributed by atoms with Crippen LogP contribution in [0.3, 0.4) is 0 Å². The van der Waals surface area contributed by atoms with Crippen molar-refractivity contribution in [1.29, 1.82) is 0 Å². The molecule has 0 aliphatic rings. The minimum atomic E-state index is -4.17. The summed E-state index contributed by atoms with van der Waals surface area (Å²) in [6, 6.07) is 18.0. The fraction of sp³-hybridized carbons (Fsp3) is 0.310. The summed E-state index contributed by atoms with van der Waals surface area (Å²) < 4.78 is 28.6. The lowest BCUT2D eigenvalue weighted by atomic mass is 10.1. The highest BCUT2D eigenvalue weighted by molar-refractivity contribution is 7.92. The highest BCUT2D eigenvalue weighted by Gasteiger charge is 2.34. The number of hydrogen-bond acceptors (Lipinski definition) is 4. The van der Waals surface area contributed by atoms with Crippen molar-refractivity contribution >= 4 is 62.3 Å². The lowest BCUT2D eigenvalue weighted by Crippen LogP contribution is -2.52. The molecule has 1 atom stereocenters. The molecule has 1 unspecified atom stereocenters. The Morgan fingerprint density at radius 3 is 2.02 bits per heavy atom. The normalized spacial score (nSPS) is 12.2. The monoisotopic (exact) mass is 623 g/mol. The van der Waals surface area contributed by atoms with Crippen LogP contribution < -0.4 is 9.62 Å². The lowest BCUT2D eigenvalue weighted by Gasteiger charge is -2.33. The number of carbonyl (C=O) groups is 2. The third kappa shape index (κ3) is 7.91. The molecular weight excluding hydrogens is 593 g/mol. The first-order valence-electron chi connectivity index (χ1n) is 12.8. The number of amides is 2. The molecule has 0 radical (unpaired) electrons. The van der Waals surface area contributed by atoms with Gasteiger partial charge in [-0.1, -0.05) is 79.8 Å². The van der Waals surface area contributed by atoms with E-state index in [1.54, 1.807) is 55.5 Å². The minimum absolute atomic E-state index is 0.0140. The molecule has 3 rings (SSSR count). The van der Waals surface area contributed by atoms with Crippen LogP contribution in [-0.4, -0.2) is 44.3 Å². The molecule has 0 aliphatic heterocycles. The number of hydrogen-bond donors (Lipinski definition) is 1. The Morgan fingerprint density at radius 2 is 1.48 bits per heavy atom. The Labute approximate surface area is 251 Å². The summed E-state index contributed by atoms with van der Waals surface area (Å²) in [7, 11) is -4.17. The van der Waals surface area contributed by atoms with Crippen molar-refractivity contribution in [2.75, 3.05) is 17.4 Å². The summed E-state index contributed by atoms with van der Waals surface area (Å²) in [5.41, 5.74) is 0.702. The van der Waals surface area contributed by atoms with Crippen LogP contribution in [0.15, 0.2) is 77.7 Å². The molecule has 0 aliphatic carbocycles. The fourth-order valence-electron chi connectivity index (χ4n) is 4.05. The van der Waals surface area contributed by atoms with Gasteiger partial charge in [-0.05, 0) is 60.9 Å². The number of nitrogens with one attached hydrogen (secondary N) is 1. The van der Waals surface area contributed by atoms with Gasteiger partial charge in [0.15, 0.2) is 0 Å². The molecule has 0 saturated carbocycles. The summed E-state index contributed by atoms with van der Waals surface area (Å²) in [4.78, 5) is 28.7. The van der Waals surface area contributed by atoms with Gasteiger partial charge >= 0.3 is 0 Å². The highest BCUT2D eigenvalue weighted by atomic mass is 35.5. The largest absolute Gasteiger partial charge is 0.354 e. The third-order valence-electron chi connectivity index (χ3n) is 6.19. The van der Waals surface area contributed by atoms with Crippen molar-refractivity contribution in [2.45, 2.75) is 44.7 Å². The second-order valence-electron chi connectivity index (χ2n) is 9.59. The van der Waals surface area contributed by atoms with E-state index in [2.05, 4.69) is 5.32 Å². The number of benzene rings is 3. The smallest absolute Gasteiger partial charge is 0.264 e. The number of carbonyl (C=O) groups excluding carboxylic acids is 2. The van der Waals surface area contributed by atoms with E-state index in [1.165, 1.54) is 29.2 Å². The second kappa shape index (κ2) is 14.2.